The lowest BCUT2D eigenvalue weighted by molar-refractivity contribution is 0.419. The van der Waals surface area contributed by atoms with Gasteiger partial charge >= 0.3 is 0 Å². The van der Waals surface area contributed by atoms with Crippen LogP contribution in [0.4, 0.5) is 5.69 Å². The monoisotopic (exact) mass is 315 g/mol. The van der Waals surface area contributed by atoms with Crippen molar-refractivity contribution in [2.45, 2.75) is 6.54 Å². The first-order valence-corrected chi connectivity index (χ1v) is 7.10. The first kappa shape index (κ1) is 14.4. The number of benzene rings is 2. The number of nitrogens with zero attached hydrogens (tertiary/aromatic N) is 1. The maximum absolute atomic E-state index is 11.4. The molecule has 112 valence electrons. The van der Waals surface area contributed by atoms with E-state index in [-0.39, 0.29) is 5.02 Å². The van der Waals surface area contributed by atoms with E-state index in [9.17, 15) is 4.79 Å². The number of H-pyrrole nitrogens is 1. The van der Waals surface area contributed by atoms with E-state index in [4.69, 9.17) is 16.3 Å². The minimum Gasteiger partial charge on any atom is -0.496 e. The summed E-state index contributed by atoms with van der Waals surface area (Å²) in [7, 11) is 1.65. The lowest BCUT2D eigenvalue weighted by atomic mass is 10.0. The molecule has 6 heteroatoms. The second-order valence-corrected chi connectivity index (χ2v) is 5.13. The van der Waals surface area contributed by atoms with E-state index in [1.807, 2.05) is 36.4 Å². The molecular formula is C16H14ClN3O2. The zero-order valence-corrected chi connectivity index (χ0v) is 12.6. The van der Waals surface area contributed by atoms with Gasteiger partial charge in [0, 0.05) is 11.9 Å². The van der Waals surface area contributed by atoms with Gasteiger partial charge in [0.15, 0.2) is 0 Å². The van der Waals surface area contributed by atoms with Crippen LogP contribution in [0, 0.1) is 0 Å². The predicted octanol–water partition coefficient (Wildman–Crippen LogP) is 3.20. The van der Waals surface area contributed by atoms with Gasteiger partial charge in [0.25, 0.3) is 5.56 Å². The van der Waals surface area contributed by atoms with Crippen LogP contribution in [0.3, 0.4) is 0 Å². The number of hydrogen-bond acceptors (Lipinski definition) is 4. The van der Waals surface area contributed by atoms with Gasteiger partial charge in [-0.05, 0) is 17.0 Å². The number of hydrogen-bond donors (Lipinski definition) is 2. The molecule has 0 spiro atoms. The molecule has 0 bridgehead atoms. The van der Waals surface area contributed by atoms with E-state index in [1.54, 1.807) is 7.11 Å². The SMILES string of the molecule is COc1ccc(CNc2cn[nH]c(=O)c2Cl)c2ccccc12. The summed E-state index contributed by atoms with van der Waals surface area (Å²) in [5.41, 5.74) is 1.17. The molecule has 22 heavy (non-hydrogen) atoms. The number of rotatable bonds is 4. The summed E-state index contributed by atoms with van der Waals surface area (Å²) < 4.78 is 5.38. The van der Waals surface area contributed by atoms with Gasteiger partial charge in [0.1, 0.15) is 10.8 Å². The molecule has 2 N–H and O–H groups in total. The molecule has 3 rings (SSSR count). The molecule has 0 amide bonds. The molecule has 0 aliphatic heterocycles. The zero-order chi connectivity index (χ0) is 15.5. The molecule has 2 aromatic carbocycles. The van der Waals surface area contributed by atoms with Gasteiger partial charge in [0.05, 0.1) is 19.0 Å². The van der Waals surface area contributed by atoms with Gasteiger partial charge in [-0.3, -0.25) is 4.79 Å². The van der Waals surface area contributed by atoms with Crippen LogP contribution in [0.15, 0.2) is 47.4 Å². The first-order valence-electron chi connectivity index (χ1n) is 6.72. The van der Waals surface area contributed by atoms with E-state index in [0.717, 1.165) is 22.1 Å². The largest absolute Gasteiger partial charge is 0.496 e. The third-order valence-corrected chi connectivity index (χ3v) is 3.83. The molecule has 5 nitrogen and oxygen atoms in total. The predicted molar refractivity (Wildman–Crippen MR) is 87.7 cm³/mol. The van der Waals surface area contributed by atoms with E-state index in [0.29, 0.717) is 12.2 Å². The highest BCUT2D eigenvalue weighted by atomic mass is 35.5. The first-order chi connectivity index (χ1) is 10.7. The van der Waals surface area contributed by atoms with Crippen molar-refractivity contribution in [2.24, 2.45) is 0 Å². The number of aromatic nitrogens is 2. The van der Waals surface area contributed by atoms with Crippen LogP contribution in [0.5, 0.6) is 5.75 Å². The van der Waals surface area contributed by atoms with Crippen molar-refractivity contribution < 1.29 is 4.74 Å². The molecule has 0 unspecified atom stereocenters. The van der Waals surface area contributed by atoms with Crippen LogP contribution < -0.4 is 15.6 Å². The van der Waals surface area contributed by atoms with E-state index < -0.39 is 5.56 Å². The molecular weight excluding hydrogens is 302 g/mol. The average Bonchev–Trinajstić information content (AvgIpc) is 2.56. The van der Waals surface area contributed by atoms with Gasteiger partial charge in [-0.15, -0.1) is 0 Å². The summed E-state index contributed by atoms with van der Waals surface area (Å²) in [6, 6.07) is 11.9. The van der Waals surface area contributed by atoms with Crippen LogP contribution >= 0.6 is 11.6 Å². The third-order valence-electron chi connectivity index (χ3n) is 3.46. The van der Waals surface area contributed by atoms with Crippen molar-refractivity contribution in [1.82, 2.24) is 10.2 Å². The fourth-order valence-corrected chi connectivity index (χ4v) is 2.52. The topological polar surface area (TPSA) is 67.0 Å². The third kappa shape index (κ3) is 2.63. The van der Waals surface area contributed by atoms with Gasteiger partial charge in [-0.2, -0.15) is 5.10 Å². The normalized spacial score (nSPS) is 10.6. The Morgan fingerprint density at radius 3 is 2.77 bits per heavy atom. The summed E-state index contributed by atoms with van der Waals surface area (Å²) in [5.74, 6) is 0.829. The highest BCUT2D eigenvalue weighted by molar-refractivity contribution is 6.32. The van der Waals surface area contributed by atoms with Crippen LogP contribution in [-0.2, 0) is 6.54 Å². The molecule has 1 aromatic heterocycles. The Bertz CT molecular complexity index is 877. The van der Waals surface area contributed by atoms with Crippen molar-refractivity contribution in [3.8, 4) is 5.75 Å². The van der Waals surface area contributed by atoms with Crippen molar-refractivity contribution in [1.29, 1.82) is 0 Å². The van der Waals surface area contributed by atoms with Gasteiger partial charge in [-0.25, -0.2) is 5.10 Å². The lowest BCUT2D eigenvalue weighted by Gasteiger charge is -2.12. The number of anilines is 1. The zero-order valence-electron chi connectivity index (χ0n) is 11.9. The Kier molecular flexibility index (Phi) is 3.98. The molecule has 0 saturated carbocycles. The maximum atomic E-state index is 11.4. The molecule has 0 atom stereocenters. The van der Waals surface area contributed by atoms with Gasteiger partial charge in [0.2, 0.25) is 0 Å². The summed E-state index contributed by atoms with van der Waals surface area (Å²) >= 11 is 5.96. The average molecular weight is 316 g/mol. The molecule has 0 radical (unpaired) electrons. The van der Waals surface area contributed by atoms with Crippen LogP contribution in [0.2, 0.25) is 5.02 Å². The summed E-state index contributed by atoms with van der Waals surface area (Å²) in [6.45, 7) is 0.523. The number of aromatic amines is 1. The summed E-state index contributed by atoms with van der Waals surface area (Å²) in [5, 5.41) is 11.4. The molecule has 0 fully saturated rings. The molecule has 0 saturated heterocycles. The van der Waals surface area contributed by atoms with Gasteiger partial charge in [-0.1, -0.05) is 41.9 Å². The molecule has 0 aliphatic carbocycles. The fourth-order valence-electron chi connectivity index (χ4n) is 2.36. The Labute approximate surface area is 131 Å². The van der Waals surface area contributed by atoms with Crippen molar-refractivity contribution >= 4 is 28.1 Å². The Hall–Kier alpha value is -2.53. The summed E-state index contributed by atoms with van der Waals surface area (Å²) in [4.78, 5) is 11.4. The van der Waals surface area contributed by atoms with Crippen molar-refractivity contribution in [3.63, 3.8) is 0 Å². The quantitative estimate of drug-likeness (QED) is 0.776. The maximum Gasteiger partial charge on any atom is 0.285 e. The number of nitrogens with one attached hydrogen (secondary N) is 2. The minimum absolute atomic E-state index is 0.104. The lowest BCUT2D eigenvalue weighted by Crippen LogP contribution is -2.12. The van der Waals surface area contributed by atoms with E-state index in [2.05, 4.69) is 15.5 Å². The van der Waals surface area contributed by atoms with E-state index in [1.165, 1.54) is 6.20 Å². The molecule has 0 aliphatic rings. The minimum atomic E-state index is -0.411. The van der Waals surface area contributed by atoms with Crippen LogP contribution in [0.25, 0.3) is 10.8 Å². The smallest absolute Gasteiger partial charge is 0.285 e. The standard InChI is InChI=1S/C16H14ClN3O2/c1-22-14-7-6-10(11-4-2-3-5-12(11)14)8-18-13-9-19-20-16(21)15(13)17/h2-7,9H,8H2,1H3,(H2,18,20,21). The molecule has 1 heterocycles. The Morgan fingerprint density at radius 2 is 2.00 bits per heavy atom. The second-order valence-electron chi connectivity index (χ2n) is 4.75. The highest BCUT2D eigenvalue weighted by Crippen LogP contribution is 2.29. The number of fused-ring (bicyclic) bond motifs is 1. The number of methoxy groups -OCH3 is 1. The molecule has 3 aromatic rings. The van der Waals surface area contributed by atoms with Crippen LogP contribution in [0.1, 0.15) is 5.56 Å². The van der Waals surface area contributed by atoms with Crippen molar-refractivity contribution in [2.75, 3.05) is 12.4 Å². The van der Waals surface area contributed by atoms with Gasteiger partial charge < -0.3 is 10.1 Å². The van der Waals surface area contributed by atoms with Crippen molar-refractivity contribution in [3.05, 3.63) is 63.5 Å². The Balaban J connectivity index is 1.95. The fraction of sp³-hybridized carbons (Fsp3) is 0.125. The number of ether oxygens (including phenoxy) is 1. The van der Waals surface area contributed by atoms with Crippen LogP contribution in [-0.4, -0.2) is 17.3 Å². The summed E-state index contributed by atoms with van der Waals surface area (Å²) in [6.07, 6.45) is 1.50. The Morgan fingerprint density at radius 1 is 1.23 bits per heavy atom. The second kappa shape index (κ2) is 6.07. The van der Waals surface area contributed by atoms with E-state index >= 15 is 0 Å². The number of halogens is 1. The highest BCUT2D eigenvalue weighted by Gasteiger charge is 2.08.